The summed E-state index contributed by atoms with van der Waals surface area (Å²) in [5, 5.41) is 0. The highest BCUT2D eigenvalue weighted by molar-refractivity contribution is 5.47. The highest BCUT2D eigenvalue weighted by atomic mass is 35.5. The summed E-state index contributed by atoms with van der Waals surface area (Å²) in [7, 11) is 0. The lowest BCUT2D eigenvalue weighted by Gasteiger charge is -2.35. The quantitative estimate of drug-likeness (QED) is 0.656. The lowest BCUT2D eigenvalue weighted by atomic mass is 10.1. The lowest BCUT2D eigenvalue weighted by molar-refractivity contribution is -0.936. The van der Waals surface area contributed by atoms with Gasteiger partial charge in [-0.05, 0) is 26.3 Å². The Bertz CT molecular complexity index is 317. The molecule has 0 aliphatic heterocycles. The van der Waals surface area contributed by atoms with Crippen molar-refractivity contribution in [2.75, 3.05) is 19.6 Å². The van der Waals surface area contributed by atoms with E-state index in [-0.39, 0.29) is 12.4 Å². The molecule has 1 nitrogen and oxygen atoms in total. The van der Waals surface area contributed by atoms with E-state index in [4.69, 9.17) is 0 Å². The summed E-state index contributed by atoms with van der Waals surface area (Å²) in [5.41, 5.74) is 2.63. The number of rotatable bonds is 6. The maximum atomic E-state index is 3.78. The van der Waals surface area contributed by atoms with Crippen molar-refractivity contribution in [3.63, 3.8) is 0 Å². The molecule has 0 saturated carbocycles. The summed E-state index contributed by atoms with van der Waals surface area (Å²) in [4.78, 5) is 0. The molecule has 0 aliphatic carbocycles. The van der Waals surface area contributed by atoms with E-state index in [2.05, 4.69) is 51.6 Å². The molecule has 0 aliphatic rings. The van der Waals surface area contributed by atoms with Crippen molar-refractivity contribution < 1.29 is 16.9 Å². The van der Waals surface area contributed by atoms with Crippen LogP contribution in [0.1, 0.15) is 31.9 Å². The molecule has 0 spiro atoms. The van der Waals surface area contributed by atoms with Crippen LogP contribution in [0.5, 0.6) is 0 Å². The van der Waals surface area contributed by atoms with E-state index >= 15 is 0 Å². The minimum Gasteiger partial charge on any atom is -1.00 e. The monoisotopic (exact) mass is 253 g/mol. The molecule has 17 heavy (non-hydrogen) atoms. The highest BCUT2D eigenvalue weighted by Crippen LogP contribution is 2.15. The lowest BCUT2D eigenvalue weighted by Crippen LogP contribution is -3.00. The highest BCUT2D eigenvalue weighted by Gasteiger charge is 2.20. The zero-order chi connectivity index (χ0) is 12.0. The van der Waals surface area contributed by atoms with Crippen LogP contribution >= 0.6 is 0 Å². The molecule has 1 aromatic carbocycles. The maximum Gasteiger partial charge on any atom is 0.104 e. The van der Waals surface area contributed by atoms with Gasteiger partial charge >= 0.3 is 0 Å². The molecule has 0 heterocycles. The van der Waals surface area contributed by atoms with Gasteiger partial charge in [0.2, 0.25) is 0 Å². The average Bonchev–Trinajstić information content (AvgIpc) is 2.37. The van der Waals surface area contributed by atoms with Gasteiger partial charge in [0.15, 0.2) is 0 Å². The standard InChI is InChI=1S/C15H24N.ClH/c1-5-14-9-11-15(12-10-14)13-16(6-2,7-3)8-4;/h5,9-12H,1,6-8,13H2,2-4H3;1H/q+1;/p-1. The second-order valence-corrected chi connectivity index (χ2v) is 4.39. The Balaban J connectivity index is 0.00000256. The van der Waals surface area contributed by atoms with Crippen LogP contribution in [-0.2, 0) is 6.54 Å². The fourth-order valence-electron chi connectivity index (χ4n) is 2.15. The summed E-state index contributed by atoms with van der Waals surface area (Å²) in [6, 6.07) is 8.76. The van der Waals surface area contributed by atoms with Crippen molar-refractivity contribution in [1.82, 2.24) is 0 Å². The van der Waals surface area contributed by atoms with Gasteiger partial charge in [0.1, 0.15) is 6.54 Å². The van der Waals surface area contributed by atoms with Crippen LogP contribution in [0.25, 0.3) is 6.08 Å². The number of hydrogen-bond donors (Lipinski definition) is 0. The molecule has 0 saturated heterocycles. The Morgan fingerprint density at radius 1 is 1.00 bits per heavy atom. The number of nitrogens with zero attached hydrogens (tertiary/aromatic N) is 1. The Kier molecular flexibility index (Phi) is 7.17. The van der Waals surface area contributed by atoms with Gasteiger partial charge in [-0.15, -0.1) is 0 Å². The fraction of sp³-hybridized carbons (Fsp3) is 0.467. The molecule has 1 rings (SSSR count). The third kappa shape index (κ3) is 4.18. The van der Waals surface area contributed by atoms with Crippen molar-refractivity contribution >= 4 is 6.08 Å². The van der Waals surface area contributed by atoms with Crippen molar-refractivity contribution in [3.8, 4) is 0 Å². The van der Waals surface area contributed by atoms with Crippen molar-refractivity contribution in [1.29, 1.82) is 0 Å². The van der Waals surface area contributed by atoms with Crippen LogP contribution < -0.4 is 12.4 Å². The summed E-state index contributed by atoms with van der Waals surface area (Å²) < 4.78 is 1.17. The molecule has 0 atom stereocenters. The molecular formula is C15H24ClN. The minimum absolute atomic E-state index is 0. The van der Waals surface area contributed by atoms with E-state index in [9.17, 15) is 0 Å². The molecule has 0 amide bonds. The number of hydrogen-bond acceptors (Lipinski definition) is 0. The Hall–Kier alpha value is -0.790. The smallest absolute Gasteiger partial charge is 0.104 e. The van der Waals surface area contributed by atoms with Crippen LogP contribution in [0.15, 0.2) is 30.8 Å². The maximum absolute atomic E-state index is 3.78. The molecular weight excluding hydrogens is 230 g/mol. The summed E-state index contributed by atoms with van der Waals surface area (Å²) >= 11 is 0. The summed E-state index contributed by atoms with van der Waals surface area (Å²) in [6.07, 6.45) is 1.89. The molecule has 0 radical (unpaired) electrons. The first kappa shape index (κ1) is 16.2. The van der Waals surface area contributed by atoms with Crippen LogP contribution in [0.2, 0.25) is 0 Å². The largest absolute Gasteiger partial charge is 1.00 e. The van der Waals surface area contributed by atoms with Crippen molar-refractivity contribution in [3.05, 3.63) is 42.0 Å². The third-order valence-corrected chi connectivity index (χ3v) is 3.75. The normalized spacial score (nSPS) is 10.8. The number of quaternary nitrogens is 1. The fourth-order valence-corrected chi connectivity index (χ4v) is 2.15. The van der Waals surface area contributed by atoms with Crippen LogP contribution in [-0.4, -0.2) is 24.1 Å². The van der Waals surface area contributed by atoms with Gasteiger partial charge < -0.3 is 16.9 Å². The number of benzene rings is 1. The molecule has 0 unspecified atom stereocenters. The predicted molar refractivity (Wildman–Crippen MR) is 72.1 cm³/mol. The summed E-state index contributed by atoms with van der Waals surface area (Å²) in [6.45, 7) is 15.4. The molecule has 1 aromatic rings. The molecule has 0 fully saturated rings. The third-order valence-electron chi connectivity index (χ3n) is 3.75. The van der Waals surface area contributed by atoms with E-state index in [1.54, 1.807) is 0 Å². The van der Waals surface area contributed by atoms with Gasteiger partial charge in [-0.25, -0.2) is 0 Å². The van der Waals surface area contributed by atoms with Gasteiger partial charge in [-0.3, -0.25) is 0 Å². The zero-order valence-corrected chi connectivity index (χ0v) is 12.0. The average molecular weight is 254 g/mol. The van der Waals surface area contributed by atoms with Gasteiger partial charge in [-0.2, -0.15) is 0 Å². The van der Waals surface area contributed by atoms with E-state index in [0.29, 0.717) is 0 Å². The van der Waals surface area contributed by atoms with E-state index in [0.717, 1.165) is 6.54 Å². The first-order valence-electron chi connectivity index (χ1n) is 6.26. The van der Waals surface area contributed by atoms with Crippen LogP contribution in [0.4, 0.5) is 0 Å². The Morgan fingerprint density at radius 2 is 1.47 bits per heavy atom. The van der Waals surface area contributed by atoms with E-state index < -0.39 is 0 Å². The number of halogens is 1. The second kappa shape index (κ2) is 7.52. The molecule has 0 bridgehead atoms. The van der Waals surface area contributed by atoms with Gasteiger partial charge in [0, 0.05) is 5.56 Å². The molecule has 96 valence electrons. The first-order valence-corrected chi connectivity index (χ1v) is 6.26. The molecule has 0 N–H and O–H groups in total. The SMILES string of the molecule is C=Cc1ccc(C[N+](CC)(CC)CC)cc1.[Cl-]. The van der Waals surface area contributed by atoms with Gasteiger partial charge in [0.05, 0.1) is 19.6 Å². The minimum atomic E-state index is 0. The molecule has 2 heteroatoms. The van der Waals surface area contributed by atoms with Crippen LogP contribution in [0.3, 0.4) is 0 Å². The van der Waals surface area contributed by atoms with Crippen molar-refractivity contribution in [2.24, 2.45) is 0 Å². The van der Waals surface area contributed by atoms with Crippen molar-refractivity contribution in [2.45, 2.75) is 27.3 Å². The van der Waals surface area contributed by atoms with Crippen LogP contribution in [0, 0.1) is 0 Å². The Morgan fingerprint density at radius 3 is 1.82 bits per heavy atom. The predicted octanol–water partition coefficient (Wildman–Crippen LogP) is 0.710. The zero-order valence-electron chi connectivity index (χ0n) is 11.2. The second-order valence-electron chi connectivity index (χ2n) is 4.39. The van der Waals surface area contributed by atoms with Gasteiger partial charge in [-0.1, -0.05) is 36.9 Å². The molecule has 0 aromatic heterocycles. The summed E-state index contributed by atoms with van der Waals surface area (Å²) in [5.74, 6) is 0. The van der Waals surface area contributed by atoms with Gasteiger partial charge in [0.25, 0.3) is 0 Å². The van der Waals surface area contributed by atoms with E-state index in [1.165, 1.54) is 35.2 Å². The topological polar surface area (TPSA) is 0 Å². The van der Waals surface area contributed by atoms with E-state index in [1.807, 2.05) is 6.08 Å². The first-order chi connectivity index (χ1) is 7.69. The Labute approximate surface area is 112 Å².